The third-order valence-electron chi connectivity index (χ3n) is 8.73. The van der Waals surface area contributed by atoms with Crippen molar-refractivity contribution in [3.8, 4) is 5.06 Å². The number of ether oxygens (including phenoxy) is 2. The molecule has 3 aromatic rings. The van der Waals surface area contributed by atoms with Crippen LogP contribution in [0, 0.1) is 17.8 Å². The van der Waals surface area contributed by atoms with Crippen molar-refractivity contribution in [3.63, 3.8) is 0 Å². The van der Waals surface area contributed by atoms with Crippen LogP contribution in [0.1, 0.15) is 37.5 Å². The number of carbonyl (C=O) groups excluding carboxylic acids is 1. The molecule has 2 saturated heterocycles. The predicted octanol–water partition coefficient (Wildman–Crippen LogP) is 6.26. The Hall–Kier alpha value is -2.87. The summed E-state index contributed by atoms with van der Waals surface area (Å²) in [6.45, 7) is 14.7. The summed E-state index contributed by atoms with van der Waals surface area (Å²) in [6.07, 6.45) is -0.250. The summed E-state index contributed by atoms with van der Waals surface area (Å²) in [5.41, 5.74) is 5.29. The summed E-state index contributed by atoms with van der Waals surface area (Å²) in [5.74, 6) is 1.87. The Balaban J connectivity index is 1.06. The fraction of sp³-hybridized carbons (Fsp3) is 0.485. The first-order valence-corrected chi connectivity index (χ1v) is 15.4. The number of anilines is 1. The monoisotopic (exact) mass is 559 g/mol. The van der Waals surface area contributed by atoms with Gasteiger partial charge in [0.1, 0.15) is 0 Å². The Morgan fingerprint density at radius 3 is 2.27 bits per heavy atom. The van der Waals surface area contributed by atoms with E-state index in [2.05, 4.69) is 79.1 Å². The second-order valence-corrected chi connectivity index (χ2v) is 13.5. The number of thiophene rings is 1. The van der Waals surface area contributed by atoms with Crippen molar-refractivity contribution >= 4 is 23.1 Å². The van der Waals surface area contributed by atoms with Crippen molar-refractivity contribution in [1.82, 2.24) is 9.80 Å². The minimum Gasteiger partial charge on any atom is -0.399 e. The van der Waals surface area contributed by atoms with Crippen LogP contribution in [0.15, 0.2) is 66.0 Å². The fourth-order valence-corrected chi connectivity index (χ4v) is 6.86. The van der Waals surface area contributed by atoms with Crippen LogP contribution in [0.5, 0.6) is 5.06 Å². The number of piperidine rings is 1. The zero-order valence-corrected chi connectivity index (χ0v) is 24.7. The molecule has 1 saturated carbocycles. The van der Waals surface area contributed by atoms with E-state index in [1.807, 2.05) is 22.4 Å². The molecule has 2 atom stereocenters. The molecule has 0 bridgehead atoms. The van der Waals surface area contributed by atoms with Crippen molar-refractivity contribution in [2.45, 2.75) is 39.3 Å². The number of amides is 1. The van der Waals surface area contributed by atoms with Crippen LogP contribution in [-0.4, -0.2) is 61.8 Å². The lowest BCUT2D eigenvalue weighted by atomic mass is 9.87. The summed E-state index contributed by atoms with van der Waals surface area (Å²) < 4.78 is 11.3. The van der Waals surface area contributed by atoms with Gasteiger partial charge in [0.05, 0.1) is 13.2 Å². The first-order chi connectivity index (χ1) is 19.3. The minimum atomic E-state index is -0.250. The van der Waals surface area contributed by atoms with Crippen LogP contribution in [0.4, 0.5) is 10.5 Å². The molecule has 1 aliphatic carbocycles. The molecule has 0 spiro atoms. The molecule has 212 valence electrons. The summed E-state index contributed by atoms with van der Waals surface area (Å²) in [4.78, 5) is 20.1. The van der Waals surface area contributed by atoms with E-state index >= 15 is 0 Å². The lowest BCUT2D eigenvalue weighted by molar-refractivity contribution is 0.122. The normalized spacial score (nSPS) is 22.7. The number of fused-ring (bicyclic) bond motifs is 1. The summed E-state index contributed by atoms with van der Waals surface area (Å²) in [7, 11) is 0. The predicted molar refractivity (Wildman–Crippen MR) is 161 cm³/mol. The van der Waals surface area contributed by atoms with Gasteiger partial charge < -0.3 is 19.3 Å². The van der Waals surface area contributed by atoms with Gasteiger partial charge in [0, 0.05) is 51.5 Å². The molecule has 2 aromatic carbocycles. The van der Waals surface area contributed by atoms with Crippen LogP contribution in [0.25, 0.3) is 0 Å². The van der Waals surface area contributed by atoms with Crippen LogP contribution in [-0.2, 0) is 23.2 Å². The Morgan fingerprint density at radius 1 is 0.975 bits per heavy atom. The largest absolute Gasteiger partial charge is 0.416 e. The topological polar surface area (TPSA) is 45.2 Å². The number of benzene rings is 2. The molecule has 3 heterocycles. The van der Waals surface area contributed by atoms with E-state index in [0.29, 0.717) is 29.4 Å². The summed E-state index contributed by atoms with van der Waals surface area (Å²) in [5, 5.41) is 2.59. The first kappa shape index (κ1) is 27.3. The van der Waals surface area contributed by atoms with Gasteiger partial charge in [-0.3, -0.25) is 4.90 Å². The number of carbonyl (C=O) groups is 1. The van der Waals surface area contributed by atoms with Crippen molar-refractivity contribution in [2.24, 2.45) is 17.8 Å². The van der Waals surface area contributed by atoms with E-state index in [0.717, 1.165) is 58.0 Å². The van der Waals surface area contributed by atoms with Gasteiger partial charge in [0.2, 0.25) is 0 Å². The van der Waals surface area contributed by atoms with Crippen molar-refractivity contribution < 1.29 is 14.3 Å². The van der Waals surface area contributed by atoms with E-state index in [4.69, 9.17) is 9.47 Å². The minimum absolute atomic E-state index is 0.183. The third-order valence-corrected chi connectivity index (χ3v) is 9.48. The number of nitrogens with zero attached hydrogens (tertiary/aromatic N) is 3. The van der Waals surface area contributed by atoms with Gasteiger partial charge >= 0.3 is 6.09 Å². The third kappa shape index (κ3) is 6.37. The number of morpholine rings is 1. The molecule has 3 aliphatic rings. The molecule has 1 aromatic heterocycles. The van der Waals surface area contributed by atoms with Gasteiger partial charge in [0.25, 0.3) is 0 Å². The zero-order chi connectivity index (χ0) is 27.7. The van der Waals surface area contributed by atoms with Gasteiger partial charge in [-0.05, 0) is 69.5 Å². The fourth-order valence-electron chi connectivity index (χ4n) is 6.29. The molecule has 0 N–H and O–H groups in total. The van der Waals surface area contributed by atoms with Gasteiger partial charge in [-0.1, -0.05) is 57.2 Å². The van der Waals surface area contributed by atoms with Crippen molar-refractivity contribution in [3.05, 3.63) is 82.7 Å². The highest BCUT2D eigenvalue weighted by molar-refractivity contribution is 7.11. The molecule has 2 aliphatic heterocycles. The summed E-state index contributed by atoms with van der Waals surface area (Å²) >= 11 is 1.46. The van der Waals surface area contributed by atoms with Gasteiger partial charge in [-0.15, -0.1) is 11.3 Å². The average molecular weight is 560 g/mol. The average Bonchev–Trinajstić information content (AvgIpc) is 3.30. The van der Waals surface area contributed by atoms with Gasteiger partial charge in [0.15, 0.2) is 5.06 Å². The highest BCUT2D eigenvalue weighted by Crippen LogP contribution is 2.52. The van der Waals surface area contributed by atoms with E-state index in [-0.39, 0.29) is 11.5 Å². The number of hydrogen-bond acceptors (Lipinski definition) is 6. The maximum Gasteiger partial charge on any atom is 0.416 e. The lowest BCUT2D eigenvalue weighted by Gasteiger charge is -2.29. The summed E-state index contributed by atoms with van der Waals surface area (Å²) in [6, 6.07) is 21.5. The Morgan fingerprint density at radius 2 is 1.65 bits per heavy atom. The smallest absolute Gasteiger partial charge is 0.399 e. The van der Waals surface area contributed by atoms with Crippen LogP contribution >= 0.6 is 11.3 Å². The van der Waals surface area contributed by atoms with Crippen LogP contribution < -0.4 is 9.64 Å². The Bertz CT molecular complexity index is 1250. The second kappa shape index (κ2) is 11.6. The zero-order valence-electron chi connectivity index (χ0n) is 23.9. The Labute approximate surface area is 242 Å². The van der Waals surface area contributed by atoms with Crippen LogP contribution in [0.2, 0.25) is 0 Å². The second-order valence-electron chi connectivity index (χ2n) is 12.6. The lowest BCUT2D eigenvalue weighted by Crippen LogP contribution is -2.37. The number of hydrogen-bond donors (Lipinski definition) is 0. The van der Waals surface area contributed by atoms with Crippen LogP contribution in [0.3, 0.4) is 0 Å². The molecule has 40 heavy (non-hydrogen) atoms. The van der Waals surface area contributed by atoms with Gasteiger partial charge in [-0.2, -0.15) is 0 Å². The highest BCUT2D eigenvalue weighted by Gasteiger charge is 2.56. The first-order valence-electron chi connectivity index (χ1n) is 14.6. The number of likely N-dealkylation sites (tertiary alicyclic amines) is 1. The molecular formula is C33H41N3O3S. The van der Waals surface area contributed by atoms with E-state index in [1.54, 1.807) is 0 Å². The maximum absolute atomic E-state index is 13.3. The molecule has 6 rings (SSSR count). The van der Waals surface area contributed by atoms with Crippen molar-refractivity contribution in [1.29, 1.82) is 0 Å². The van der Waals surface area contributed by atoms with E-state index in [1.165, 1.54) is 28.2 Å². The maximum atomic E-state index is 13.3. The molecule has 6 nitrogen and oxygen atoms in total. The molecule has 3 fully saturated rings. The Kier molecular flexibility index (Phi) is 7.89. The SMILES string of the molecule is CC(C)(C)c1ccc(CN2CC3C(C2)C3CN(Cc2ccc(N3CCOCC3)cc2)C(=O)Oc2cccs2)cc1. The number of rotatable bonds is 8. The molecule has 1 amide bonds. The van der Waals surface area contributed by atoms with E-state index < -0.39 is 0 Å². The quantitative estimate of drug-likeness (QED) is 0.326. The molecule has 7 heteroatoms. The molecule has 0 radical (unpaired) electrons. The molecule has 2 unspecified atom stereocenters. The van der Waals surface area contributed by atoms with Gasteiger partial charge in [-0.25, -0.2) is 4.79 Å². The molecular weight excluding hydrogens is 518 g/mol. The standard InChI is InChI=1S/C33H41N3O3S/c1-33(2,3)26-10-6-24(7-11-26)19-34-21-28-29(22-34)30(28)23-36(32(37)39-31-5-4-18-40-31)20-25-8-12-27(13-9-25)35-14-16-38-17-15-35/h4-13,18,28-30H,14-17,19-23H2,1-3H3. The highest BCUT2D eigenvalue weighted by atomic mass is 32.1. The van der Waals surface area contributed by atoms with E-state index in [9.17, 15) is 4.79 Å². The van der Waals surface area contributed by atoms with Crippen molar-refractivity contribution in [2.75, 3.05) is 50.8 Å².